The van der Waals surface area contributed by atoms with Crippen LogP contribution < -0.4 is 11.3 Å². The number of hydrazine groups is 1. The van der Waals surface area contributed by atoms with Gasteiger partial charge in [0.2, 0.25) is 0 Å². The van der Waals surface area contributed by atoms with Crippen LogP contribution in [-0.2, 0) is 0 Å². The van der Waals surface area contributed by atoms with Crippen LogP contribution >= 0.6 is 11.6 Å². The van der Waals surface area contributed by atoms with Crippen LogP contribution in [0.3, 0.4) is 0 Å². The highest BCUT2D eigenvalue weighted by atomic mass is 35.5. The van der Waals surface area contributed by atoms with E-state index in [2.05, 4.69) is 19.3 Å². The predicted molar refractivity (Wildman–Crippen MR) is 82.8 cm³/mol. The fourth-order valence-electron chi connectivity index (χ4n) is 2.93. The van der Waals surface area contributed by atoms with E-state index < -0.39 is 0 Å². The molecule has 1 heterocycles. The first-order chi connectivity index (χ1) is 9.55. The Morgan fingerprint density at radius 2 is 2.15 bits per heavy atom. The molecular weight excluding hydrogens is 274 g/mol. The Labute approximate surface area is 125 Å². The molecule has 1 amide bonds. The summed E-state index contributed by atoms with van der Waals surface area (Å²) in [6, 6.07) is 5.13. The standard InChI is InChI=1S/C15H22ClN3O/c1-3-15(4-2)7-8-19(10-15)14(20)12-9-11(16)5-6-13(12)18-17/h5-6,9,18H,3-4,7-8,10,17H2,1-2H3. The molecule has 1 aliphatic heterocycles. The topological polar surface area (TPSA) is 58.4 Å². The lowest BCUT2D eigenvalue weighted by molar-refractivity contribution is 0.0771. The van der Waals surface area contributed by atoms with Crippen molar-refractivity contribution in [1.29, 1.82) is 0 Å². The molecule has 2 rings (SSSR count). The largest absolute Gasteiger partial charge is 0.338 e. The molecule has 0 aromatic heterocycles. The fraction of sp³-hybridized carbons (Fsp3) is 0.533. The molecule has 1 aromatic rings. The number of carbonyl (C=O) groups excluding carboxylic acids is 1. The minimum Gasteiger partial charge on any atom is -0.338 e. The maximum absolute atomic E-state index is 12.7. The molecule has 3 N–H and O–H groups in total. The SMILES string of the molecule is CCC1(CC)CCN(C(=O)c2cc(Cl)ccc2NN)C1. The summed E-state index contributed by atoms with van der Waals surface area (Å²) < 4.78 is 0. The van der Waals surface area contributed by atoms with Crippen molar-refractivity contribution in [3.63, 3.8) is 0 Å². The third-order valence-electron chi connectivity index (χ3n) is 4.59. The number of nitrogens with two attached hydrogens (primary N) is 1. The molecule has 0 saturated carbocycles. The van der Waals surface area contributed by atoms with Gasteiger partial charge >= 0.3 is 0 Å². The molecule has 4 nitrogen and oxygen atoms in total. The zero-order valence-electron chi connectivity index (χ0n) is 12.1. The fourth-order valence-corrected chi connectivity index (χ4v) is 3.10. The Hall–Kier alpha value is -1.26. The average Bonchev–Trinajstić information content (AvgIpc) is 2.91. The summed E-state index contributed by atoms with van der Waals surface area (Å²) in [4.78, 5) is 14.6. The summed E-state index contributed by atoms with van der Waals surface area (Å²) in [6.07, 6.45) is 3.27. The molecule has 20 heavy (non-hydrogen) atoms. The number of anilines is 1. The van der Waals surface area contributed by atoms with Crippen molar-refractivity contribution in [3.05, 3.63) is 28.8 Å². The maximum Gasteiger partial charge on any atom is 0.256 e. The van der Waals surface area contributed by atoms with Gasteiger partial charge in [0.05, 0.1) is 11.3 Å². The van der Waals surface area contributed by atoms with Crippen LogP contribution in [0.1, 0.15) is 43.5 Å². The lowest BCUT2D eigenvalue weighted by atomic mass is 9.82. The van der Waals surface area contributed by atoms with E-state index in [-0.39, 0.29) is 11.3 Å². The second-order valence-corrected chi connectivity index (χ2v) is 5.95. The van der Waals surface area contributed by atoms with Crippen LogP contribution in [-0.4, -0.2) is 23.9 Å². The number of likely N-dealkylation sites (tertiary alicyclic amines) is 1. The van der Waals surface area contributed by atoms with Gasteiger partial charge in [-0.05, 0) is 42.9 Å². The number of benzene rings is 1. The van der Waals surface area contributed by atoms with Crippen molar-refractivity contribution in [2.75, 3.05) is 18.5 Å². The van der Waals surface area contributed by atoms with Gasteiger partial charge in [-0.15, -0.1) is 0 Å². The highest BCUT2D eigenvalue weighted by molar-refractivity contribution is 6.31. The van der Waals surface area contributed by atoms with Gasteiger partial charge in [0.25, 0.3) is 5.91 Å². The van der Waals surface area contributed by atoms with Crippen LogP contribution in [0.5, 0.6) is 0 Å². The van der Waals surface area contributed by atoms with Crippen LogP contribution in [0.25, 0.3) is 0 Å². The number of nitrogens with zero attached hydrogens (tertiary/aromatic N) is 1. The van der Waals surface area contributed by atoms with Crippen molar-refractivity contribution >= 4 is 23.2 Å². The highest BCUT2D eigenvalue weighted by Gasteiger charge is 2.37. The monoisotopic (exact) mass is 295 g/mol. The molecule has 1 fully saturated rings. The number of hydrogen-bond donors (Lipinski definition) is 2. The quantitative estimate of drug-likeness (QED) is 0.662. The Bertz CT molecular complexity index is 500. The number of nitrogen functional groups attached to an aromatic ring is 1. The smallest absolute Gasteiger partial charge is 0.256 e. The van der Waals surface area contributed by atoms with Crippen molar-refractivity contribution in [3.8, 4) is 0 Å². The van der Waals surface area contributed by atoms with E-state index in [1.807, 2.05) is 4.90 Å². The van der Waals surface area contributed by atoms with Gasteiger partial charge < -0.3 is 10.3 Å². The molecule has 0 aliphatic carbocycles. The zero-order valence-corrected chi connectivity index (χ0v) is 12.8. The number of hydrogen-bond acceptors (Lipinski definition) is 3. The molecule has 0 atom stereocenters. The lowest BCUT2D eigenvalue weighted by Crippen LogP contribution is -2.32. The van der Waals surface area contributed by atoms with Gasteiger partial charge in [-0.1, -0.05) is 25.4 Å². The van der Waals surface area contributed by atoms with Gasteiger partial charge in [0, 0.05) is 18.1 Å². The number of amides is 1. The van der Waals surface area contributed by atoms with E-state index in [1.165, 1.54) is 0 Å². The summed E-state index contributed by atoms with van der Waals surface area (Å²) in [7, 11) is 0. The predicted octanol–water partition coefficient (Wildman–Crippen LogP) is 3.28. The van der Waals surface area contributed by atoms with Crippen LogP contribution in [0.2, 0.25) is 5.02 Å². The summed E-state index contributed by atoms with van der Waals surface area (Å²) in [5, 5.41) is 0.545. The number of rotatable bonds is 4. The normalized spacial score (nSPS) is 17.3. The molecule has 110 valence electrons. The summed E-state index contributed by atoms with van der Waals surface area (Å²) in [6.45, 7) is 6.01. The van der Waals surface area contributed by atoms with Gasteiger partial charge in [-0.2, -0.15) is 0 Å². The Morgan fingerprint density at radius 1 is 1.45 bits per heavy atom. The van der Waals surface area contributed by atoms with E-state index in [9.17, 15) is 4.79 Å². The van der Waals surface area contributed by atoms with E-state index in [4.69, 9.17) is 17.4 Å². The molecule has 1 saturated heterocycles. The van der Waals surface area contributed by atoms with Gasteiger partial charge in [0.15, 0.2) is 0 Å². The maximum atomic E-state index is 12.7. The molecule has 0 spiro atoms. The first kappa shape index (κ1) is 15.1. The summed E-state index contributed by atoms with van der Waals surface area (Å²) in [5.41, 5.74) is 4.00. The molecule has 5 heteroatoms. The first-order valence-corrected chi connectivity index (χ1v) is 7.48. The minimum atomic E-state index is 0.00391. The number of nitrogens with one attached hydrogen (secondary N) is 1. The van der Waals surface area contributed by atoms with E-state index in [0.29, 0.717) is 16.3 Å². The number of halogens is 1. The van der Waals surface area contributed by atoms with Crippen molar-refractivity contribution < 1.29 is 4.79 Å². The number of carbonyl (C=O) groups is 1. The molecule has 0 unspecified atom stereocenters. The van der Waals surface area contributed by atoms with Crippen molar-refractivity contribution in [1.82, 2.24) is 4.90 Å². The highest BCUT2D eigenvalue weighted by Crippen LogP contribution is 2.38. The summed E-state index contributed by atoms with van der Waals surface area (Å²) in [5.74, 6) is 5.48. The van der Waals surface area contributed by atoms with Crippen LogP contribution in [0, 0.1) is 5.41 Å². The third-order valence-corrected chi connectivity index (χ3v) is 4.83. The zero-order chi connectivity index (χ0) is 14.8. The second kappa shape index (κ2) is 6.02. The lowest BCUT2D eigenvalue weighted by Gasteiger charge is -2.26. The second-order valence-electron chi connectivity index (χ2n) is 5.52. The van der Waals surface area contributed by atoms with E-state index in [1.54, 1.807) is 18.2 Å². The first-order valence-electron chi connectivity index (χ1n) is 7.10. The molecule has 1 aromatic carbocycles. The van der Waals surface area contributed by atoms with Crippen molar-refractivity contribution in [2.24, 2.45) is 11.3 Å². The average molecular weight is 296 g/mol. The minimum absolute atomic E-state index is 0.00391. The Balaban J connectivity index is 2.23. The van der Waals surface area contributed by atoms with Crippen LogP contribution in [0.15, 0.2) is 18.2 Å². The summed E-state index contributed by atoms with van der Waals surface area (Å²) >= 11 is 6.00. The van der Waals surface area contributed by atoms with Crippen LogP contribution in [0.4, 0.5) is 5.69 Å². The molecule has 0 radical (unpaired) electrons. The van der Waals surface area contributed by atoms with Gasteiger partial charge in [0.1, 0.15) is 0 Å². The van der Waals surface area contributed by atoms with Crippen molar-refractivity contribution in [2.45, 2.75) is 33.1 Å². The molecule has 1 aliphatic rings. The van der Waals surface area contributed by atoms with Gasteiger partial charge in [-0.3, -0.25) is 10.6 Å². The Kier molecular flexibility index (Phi) is 4.55. The van der Waals surface area contributed by atoms with Gasteiger partial charge in [-0.25, -0.2) is 0 Å². The third kappa shape index (κ3) is 2.76. The van der Waals surface area contributed by atoms with E-state index in [0.717, 1.165) is 32.4 Å². The molecular formula is C15H22ClN3O. The van der Waals surface area contributed by atoms with E-state index >= 15 is 0 Å². The Morgan fingerprint density at radius 3 is 2.70 bits per heavy atom. The molecule has 0 bridgehead atoms.